The van der Waals surface area contributed by atoms with Gasteiger partial charge in [0.2, 0.25) is 0 Å². The molecule has 1 atom stereocenters. The average molecular weight is 130 g/mol. The Labute approximate surface area is 88.7 Å². The molecule has 0 aliphatic carbocycles. The molecule has 0 saturated heterocycles. The van der Waals surface area contributed by atoms with Gasteiger partial charge in [-0.2, -0.15) is 8.79 Å². The summed E-state index contributed by atoms with van der Waals surface area (Å²) < 4.78 is 0. The van der Waals surface area contributed by atoms with Crippen molar-refractivity contribution in [3.05, 3.63) is 0 Å². The summed E-state index contributed by atoms with van der Waals surface area (Å²) in [6.07, 6.45) is 0. The van der Waals surface area contributed by atoms with E-state index >= 15 is 0 Å². The summed E-state index contributed by atoms with van der Waals surface area (Å²) in [5.74, 6) is 0. The molecular formula is H8CaNaPSi. The van der Waals surface area contributed by atoms with Crippen LogP contribution in [-0.4, -0.2) is 47.6 Å². The zero-order chi connectivity index (χ0) is 2.00. The van der Waals surface area contributed by atoms with Crippen LogP contribution in [0.15, 0.2) is 0 Å². The smallest absolute Gasteiger partial charge is 1.00 e. The molecule has 0 fully saturated rings. The Balaban J connectivity index is -0.000000000500. The van der Waals surface area contributed by atoms with Gasteiger partial charge in [0, 0.05) is 9.91 Å². The van der Waals surface area contributed by atoms with Crippen molar-refractivity contribution in [1.29, 1.82) is 0 Å². The fourth-order valence-electron chi connectivity index (χ4n) is 0. The van der Waals surface area contributed by atoms with Gasteiger partial charge in [0.05, 0.1) is 0 Å². The van der Waals surface area contributed by atoms with Crippen LogP contribution in [0.3, 0.4) is 0 Å². The van der Waals surface area contributed by atoms with Crippen LogP contribution >= 0.6 is 8.79 Å². The van der Waals surface area contributed by atoms with Crippen LogP contribution in [-0.2, 0) is 0 Å². The molecule has 20 valence electrons. The van der Waals surface area contributed by atoms with Crippen molar-refractivity contribution in [1.82, 2.24) is 0 Å². The van der Waals surface area contributed by atoms with E-state index in [1.807, 2.05) is 0 Å². The van der Waals surface area contributed by atoms with Gasteiger partial charge in [-0.3, -0.25) is 0 Å². The van der Waals surface area contributed by atoms with Crippen molar-refractivity contribution in [3.63, 3.8) is 0 Å². The summed E-state index contributed by atoms with van der Waals surface area (Å²) in [5.41, 5.74) is 0. The fraction of sp³-hybridized carbons (Fsp3) is 0. The molecule has 0 aliphatic rings. The summed E-state index contributed by atoms with van der Waals surface area (Å²) in [6, 6.07) is 0. The Bertz CT molecular complexity index is 14.9. The van der Waals surface area contributed by atoms with Crippen LogP contribution < -0.4 is 29.6 Å². The predicted octanol–water partition coefficient (Wildman–Crippen LogP) is -3.90. The minimum absolute atomic E-state index is 0. The number of hydrogen-bond donors (Lipinski definition) is 0. The Hall–Kier alpha value is 2.91. The van der Waals surface area contributed by atoms with Crippen molar-refractivity contribution in [3.8, 4) is 0 Å². The molecule has 0 aromatic carbocycles. The standard InChI is InChI=1S/Ca.Na.H5PSi.3H/c;;1-2;;;/h;;1H2,2H3;;;/q+2;+1;;3*-1. The molecule has 0 amide bonds. The summed E-state index contributed by atoms with van der Waals surface area (Å²) in [5, 5.41) is 0. The molecule has 0 saturated carbocycles. The molecule has 0 rings (SSSR count). The molecule has 4 heteroatoms. The monoisotopic (exact) mass is 130 g/mol. The van der Waals surface area contributed by atoms with Crippen molar-refractivity contribution in [2.24, 2.45) is 0 Å². The number of rotatable bonds is 0. The van der Waals surface area contributed by atoms with Gasteiger partial charge in [-0.25, -0.2) is 0 Å². The Morgan fingerprint density at radius 1 is 1.50 bits per heavy atom. The first-order chi connectivity index (χ1) is 1.00. The summed E-state index contributed by atoms with van der Waals surface area (Å²) in [7, 11) is 3.78. The minimum atomic E-state index is 0. The zero-order valence-electron chi connectivity index (χ0n) is 6.28. The second-order valence-corrected chi connectivity index (χ2v) is 0. The van der Waals surface area contributed by atoms with Gasteiger partial charge in [0.25, 0.3) is 0 Å². The van der Waals surface area contributed by atoms with Crippen LogP contribution in [0.1, 0.15) is 4.28 Å². The molecular weight excluding hydrogens is 122 g/mol. The van der Waals surface area contributed by atoms with E-state index in [9.17, 15) is 0 Å². The van der Waals surface area contributed by atoms with Crippen LogP contribution in [0.5, 0.6) is 0 Å². The van der Waals surface area contributed by atoms with Gasteiger partial charge < -0.3 is 4.28 Å². The third-order valence-corrected chi connectivity index (χ3v) is 0. The SMILES string of the molecule is [Ca+2].[H-].[H-].[H-].[Na+].[SiH3]P. The van der Waals surface area contributed by atoms with E-state index in [1.165, 1.54) is 9.91 Å². The van der Waals surface area contributed by atoms with E-state index in [0.29, 0.717) is 0 Å². The van der Waals surface area contributed by atoms with Gasteiger partial charge >= 0.3 is 67.3 Å². The summed E-state index contributed by atoms with van der Waals surface area (Å²) in [6.45, 7) is 0. The van der Waals surface area contributed by atoms with E-state index in [-0.39, 0.29) is 71.6 Å². The molecule has 0 bridgehead atoms. The van der Waals surface area contributed by atoms with Crippen LogP contribution in [0.4, 0.5) is 0 Å². The van der Waals surface area contributed by atoms with E-state index < -0.39 is 0 Å². The molecule has 0 aromatic rings. The van der Waals surface area contributed by atoms with E-state index in [4.69, 9.17) is 0 Å². The quantitative estimate of drug-likeness (QED) is 0.232. The third kappa shape index (κ3) is 8.86. The van der Waals surface area contributed by atoms with Gasteiger partial charge in [-0.1, -0.05) is 0 Å². The van der Waals surface area contributed by atoms with E-state index in [2.05, 4.69) is 8.79 Å². The molecule has 0 heterocycles. The van der Waals surface area contributed by atoms with Crippen LogP contribution in [0, 0.1) is 0 Å². The largest absolute Gasteiger partial charge is 2.00 e. The van der Waals surface area contributed by atoms with Gasteiger partial charge in [0.15, 0.2) is 0 Å². The maximum Gasteiger partial charge on any atom is 2.00 e. The topological polar surface area (TPSA) is 0 Å². The van der Waals surface area contributed by atoms with E-state index in [0.717, 1.165) is 0 Å². The van der Waals surface area contributed by atoms with Crippen molar-refractivity contribution in [2.75, 3.05) is 0 Å². The number of hydrogen-bond acceptors (Lipinski definition) is 0. The normalized spacial score (nSPS) is 2.25. The first kappa shape index (κ1) is 15.8. The van der Waals surface area contributed by atoms with Crippen molar-refractivity contribution in [2.45, 2.75) is 0 Å². The van der Waals surface area contributed by atoms with Crippen molar-refractivity contribution >= 4 is 56.4 Å². The third-order valence-electron chi connectivity index (χ3n) is 0. The van der Waals surface area contributed by atoms with Gasteiger partial charge in [-0.15, -0.1) is 0 Å². The average Bonchev–Trinajstić information content (AvgIpc) is 1.00. The predicted molar refractivity (Wildman–Crippen MR) is 28.7 cm³/mol. The Morgan fingerprint density at radius 3 is 1.50 bits per heavy atom. The first-order valence-electron chi connectivity index (χ1n) is 0.577. The Morgan fingerprint density at radius 2 is 1.50 bits per heavy atom. The second-order valence-electron chi connectivity index (χ2n) is 0. The Kier molecular flexibility index (Phi) is 66.4. The molecule has 0 nitrogen and oxygen atoms in total. The maximum absolute atomic E-state index is 2.56. The molecule has 0 aromatic heterocycles. The van der Waals surface area contributed by atoms with Gasteiger partial charge in [-0.05, 0) is 0 Å². The molecule has 1 unspecified atom stereocenters. The fourth-order valence-corrected chi connectivity index (χ4v) is 0. The second kappa shape index (κ2) is 16.8. The molecule has 0 aliphatic heterocycles. The van der Waals surface area contributed by atoms with Gasteiger partial charge in [0.1, 0.15) is 0 Å². The molecule has 0 N–H and O–H groups in total. The van der Waals surface area contributed by atoms with Crippen LogP contribution in [0.25, 0.3) is 0 Å². The molecule has 0 spiro atoms. The maximum atomic E-state index is 2.56. The zero-order valence-corrected chi connectivity index (χ0v) is 10.6. The van der Waals surface area contributed by atoms with E-state index in [1.54, 1.807) is 0 Å². The van der Waals surface area contributed by atoms with Crippen molar-refractivity contribution < 1.29 is 33.8 Å². The first-order valence-corrected chi connectivity index (χ1v) is 5.20. The molecule has 4 heavy (non-hydrogen) atoms. The van der Waals surface area contributed by atoms with Crippen LogP contribution in [0.2, 0.25) is 0 Å². The minimum Gasteiger partial charge on any atom is -1.00 e. The molecule has 0 radical (unpaired) electrons. The summed E-state index contributed by atoms with van der Waals surface area (Å²) in [4.78, 5) is 0. The summed E-state index contributed by atoms with van der Waals surface area (Å²) >= 11 is 0.